The third-order valence-corrected chi connectivity index (χ3v) is 3.45. The van der Waals surface area contributed by atoms with Crippen molar-refractivity contribution in [3.63, 3.8) is 0 Å². The van der Waals surface area contributed by atoms with Gasteiger partial charge >= 0.3 is 0 Å². The van der Waals surface area contributed by atoms with E-state index >= 15 is 0 Å². The van der Waals surface area contributed by atoms with Crippen molar-refractivity contribution in [1.29, 1.82) is 0 Å². The van der Waals surface area contributed by atoms with Gasteiger partial charge in [-0.2, -0.15) is 0 Å². The molecular weight excluding hydrogens is 243 g/mol. The Morgan fingerprint density at radius 3 is 1.88 bits per heavy atom. The molecule has 0 N–H and O–H groups in total. The second kappa shape index (κ2) is 5.37. The van der Waals surface area contributed by atoms with Crippen molar-refractivity contribution in [2.75, 3.05) is 0 Å². The third-order valence-electron chi connectivity index (χ3n) is 2.13. The normalized spacial score (nSPS) is 10.4. The highest BCUT2D eigenvalue weighted by molar-refractivity contribution is 7.99. The van der Waals surface area contributed by atoms with Crippen LogP contribution >= 0.6 is 23.4 Å². The zero-order valence-corrected chi connectivity index (χ0v) is 10.1. The summed E-state index contributed by atoms with van der Waals surface area (Å²) in [6, 6.07) is 14.5. The molecule has 0 heterocycles. The molecule has 0 unspecified atom stereocenters. The van der Waals surface area contributed by atoms with Gasteiger partial charge in [0.25, 0.3) is 0 Å². The standard InChI is InChI=1S/C13H10ClFS/c14-9-10-1-5-12(6-2-10)16-13-7-3-11(15)4-8-13/h1-8H,9H2. The summed E-state index contributed by atoms with van der Waals surface area (Å²) in [5.41, 5.74) is 1.10. The maximum Gasteiger partial charge on any atom is 0.123 e. The van der Waals surface area contributed by atoms with Crippen LogP contribution in [0.15, 0.2) is 58.3 Å². The van der Waals surface area contributed by atoms with E-state index in [2.05, 4.69) is 0 Å². The minimum absolute atomic E-state index is 0.207. The number of rotatable bonds is 3. The number of hydrogen-bond acceptors (Lipinski definition) is 1. The average Bonchev–Trinajstić information content (AvgIpc) is 2.33. The number of alkyl halides is 1. The van der Waals surface area contributed by atoms with Crippen LogP contribution in [0.3, 0.4) is 0 Å². The fourth-order valence-corrected chi connectivity index (χ4v) is 2.28. The van der Waals surface area contributed by atoms with Crippen molar-refractivity contribution in [2.24, 2.45) is 0 Å². The zero-order chi connectivity index (χ0) is 11.4. The SMILES string of the molecule is Fc1ccc(Sc2ccc(CCl)cc2)cc1. The summed E-state index contributed by atoms with van der Waals surface area (Å²) in [6.45, 7) is 0. The lowest BCUT2D eigenvalue weighted by Gasteiger charge is -2.02. The zero-order valence-electron chi connectivity index (χ0n) is 8.49. The van der Waals surface area contributed by atoms with Crippen molar-refractivity contribution < 1.29 is 4.39 Å². The number of halogens is 2. The topological polar surface area (TPSA) is 0 Å². The first-order valence-electron chi connectivity index (χ1n) is 4.86. The quantitative estimate of drug-likeness (QED) is 0.713. The maximum atomic E-state index is 12.7. The predicted molar refractivity (Wildman–Crippen MR) is 66.5 cm³/mol. The average molecular weight is 253 g/mol. The first-order chi connectivity index (χ1) is 7.78. The lowest BCUT2D eigenvalue weighted by molar-refractivity contribution is 0.626. The Bertz CT molecular complexity index is 450. The van der Waals surface area contributed by atoms with Crippen LogP contribution in [0.25, 0.3) is 0 Å². The van der Waals surface area contributed by atoms with Gasteiger partial charge in [0.15, 0.2) is 0 Å². The number of benzene rings is 2. The molecule has 0 atom stereocenters. The van der Waals surface area contributed by atoms with Crippen molar-refractivity contribution in [2.45, 2.75) is 15.7 Å². The molecule has 0 saturated carbocycles. The van der Waals surface area contributed by atoms with Gasteiger partial charge in [-0.15, -0.1) is 11.6 Å². The van der Waals surface area contributed by atoms with Gasteiger partial charge in [-0.1, -0.05) is 23.9 Å². The van der Waals surface area contributed by atoms with Crippen molar-refractivity contribution in [3.8, 4) is 0 Å². The van der Waals surface area contributed by atoms with Gasteiger partial charge in [0.1, 0.15) is 5.82 Å². The van der Waals surface area contributed by atoms with Gasteiger partial charge in [-0.3, -0.25) is 0 Å². The second-order valence-corrected chi connectivity index (χ2v) is 4.75. The molecule has 0 saturated heterocycles. The van der Waals surface area contributed by atoms with Gasteiger partial charge in [0.05, 0.1) is 0 Å². The van der Waals surface area contributed by atoms with Gasteiger partial charge in [0.2, 0.25) is 0 Å². The Morgan fingerprint density at radius 2 is 1.38 bits per heavy atom. The fourth-order valence-electron chi connectivity index (χ4n) is 1.29. The molecule has 0 aliphatic carbocycles. The maximum absolute atomic E-state index is 12.7. The molecule has 0 aliphatic rings. The van der Waals surface area contributed by atoms with Crippen LogP contribution in [-0.2, 0) is 5.88 Å². The molecule has 82 valence electrons. The summed E-state index contributed by atoms with van der Waals surface area (Å²) in [5, 5.41) is 0. The highest BCUT2D eigenvalue weighted by Crippen LogP contribution is 2.27. The molecule has 0 aliphatic heterocycles. The van der Waals surface area contributed by atoms with E-state index in [1.54, 1.807) is 23.9 Å². The largest absolute Gasteiger partial charge is 0.207 e. The van der Waals surface area contributed by atoms with E-state index < -0.39 is 0 Å². The molecule has 0 radical (unpaired) electrons. The molecule has 0 bridgehead atoms. The highest BCUT2D eigenvalue weighted by Gasteiger charge is 1.98. The molecule has 0 aromatic heterocycles. The smallest absolute Gasteiger partial charge is 0.123 e. The van der Waals surface area contributed by atoms with E-state index in [0.29, 0.717) is 5.88 Å². The van der Waals surface area contributed by atoms with Crippen molar-refractivity contribution in [3.05, 3.63) is 59.9 Å². The predicted octanol–water partition coefficient (Wildman–Crippen LogP) is 4.72. The molecule has 0 nitrogen and oxygen atoms in total. The summed E-state index contributed by atoms with van der Waals surface area (Å²) in [7, 11) is 0. The second-order valence-electron chi connectivity index (χ2n) is 3.33. The van der Waals surface area contributed by atoms with Crippen LogP contribution in [0, 0.1) is 5.82 Å². The summed E-state index contributed by atoms with van der Waals surface area (Å²) in [5.74, 6) is 0.323. The minimum Gasteiger partial charge on any atom is -0.207 e. The van der Waals surface area contributed by atoms with Crippen LogP contribution in [0.2, 0.25) is 0 Å². The van der Waals surface area contributed by atoms with E-state index in [1.807, 2.05) is 24.3 Å². The van der Waals surface area contributed by atoms with Gasteiger partial charge < -0.3 is 0 Å². The van der Waals surface area contributed by atoms with E-state index in [1.165, 1.54) is 12.1 Å². The fraction of sp³-hybridized carbons (Fsp3) is 0.0769. The Hall–Kier alpha value is -0.990. The third kappa shape index (κ3) is 3.00. The first-order valence-corrected chi connectivity index (χ1v) is 6.21. The summed E-state index contributed by atoms with van der Waals surface area (Å²) < 4.78 is 12.7. The lowest BCUT2D eigenvalue weighted by Crippen LogP contribution is -1.78. The molecule has 2 aromatic rings. The van der Waals surface area contributed by atoms with Crippen LogP contribution in [0.4, 0.5) is 4.39 Å². The molecule has 3 heteroatoms. The van der Waals surface area contributed by atoms with E-state index in [0.717, 1.165) is 15.4 Å². The first kappa shape index (κ1) is 11.5. The van der Waals surface area contributed by atoms with E-state index in [-0.39, 0.29) is 5.82 Å². The van der Waals surface area contributed by atoms with Crippen LogP contribution in [-0.4, -0.2) is 0 Å². The Balaban J connectivity index is 2.11. The molecule has 0 fully saturated rings. The summed E-state index contributed by atoms with van der Waals surface area (Å²) in [6.07, 6.45) is 0. The molecule has 16 heavy (non-hydrogen) atoms. The summed E-state index contributed by atoms with van der Waals surface area (Å²) >= 11 is 7.31. The van der Waals surface area contributed by atoms with E-state index in [9.17, 15) is 4.39 Å². The summed E-state index contributed by atoms with van der Waals surface area (Å²) in [4.78, 5) is 2.15. The van der Waals surface area contributed by atoms with Crippen molar-refractivity contribution in [1.82, 2.24) is 0 Å². The Morgan fingerprint density at radius 1 is 0.875 bits per heavy atom. The molecule has 2 rings (SSSR count). The lowest BCUT2D eigenvalue weighted by atomic mass is 10.2. The van der Waals surface area contributed by atoms with Gasteiger partial charge in [-0.05, 0) is 42.0 Å². The Labute approximate surface area is 103 Å². The monoisotopic (exact) mass is 252 g/mol. The highest BCUT2D eigenvalue weighted by atomic mass is 35.5. The van der Waals surface area contributed by atoms with Crippen molar-refractivity contribution >= 4 is 23.4 Å². The Kier molecular flexibility index (Phi) is 3.86. The van der Waals surface area contributed by atoms with Crippen LogP contribution in [0.1, 0.15) is 5.56 Å². The molecule has 2 aromatic carbocycles. The molecule has 0 spiro atoms. The van der Waals surface area contributed by atoms with Crippen LogP contribution < -0.4 is 0 Å². The van der Waals surface area contributed by atoms with Crippen LogP contribution in [0.5, 0.6) is 0 Å². The molecular formula is C13H10ClFS. The van der Waals surface area contributed by atoms with E-state index in [4.69, 9.17) is 11.6 Å². The number of hydrogen-bond donors (Lipinski definition) is 0. The van der Waals surface area contributed by atoms with Gasteiger partial charge in [0, 0.05) is 15.7 Å². The van der Waals surface area contributed by atoms with Gasteiger partial charge in [-0.25, -0.2) is 4.39 Å². The molecule has 0 amide bonds. The minimum atomic E-state index is -0.207.